The standard InChI is InChI=1S/C20H25NO2/c1-14(17-8-6-7-9-18(17)23-5)21-19(22)15-10-12-16(13-11-15)20(2,3)4/h6-14H,1-5H3,(H,21,22). The van der Waals surface area contributed by atoms with Crippen LogP contribution < -0.4 is 10.1 Å². The van der Waals surface area contributed by atoms with Gasteiger partial charge in [-0.15, -0.1) is 0 Å². The molecule has 2 rings (SSSR count). The Hall–Kier alpha value is -2.29. The highest BCUT2D eigenvalue weighted by molar-refractivity contribution is 5.94. The molecule has 23 heavy (non-hydrogen) atoms. The number of rotatable bonds is 4. The van der Waals surface area contributed by atoms with Crippen molar-refractivity contribution in [2.45, 2.75) is 39.2 Å². The highest BCUT2D eigenvalue weighted by Gasteiger charge is 2.17. The molecule has 122 valence electrons. The summed E-state index contributed by atoms with van der Waals surface area (Å²) >= 11 is 0. The van der Waals surface area contributed by atoms with Gasteiger partial charge in [-0.05, 0) is 36.1 Å². The van der Waals surface area contributed by atoms with Crippen LogP contribution in [0.3, 0.4) is 0 Å². The minimum Gasteiger partial charge on any atom is -0.496 e. The molecule has 0 saturated carbocycles. The van der Waals surface area contributed by atoms with Gasteiger partial charge < -0.3 is 10.1 Å². The van der Waals surface area contributed by atoms with Gasteiger partial charge in [-0.25, -0.2) is 0 Å². The number of hydrogen-bond acceptors (Lipinski definition) is 2. The van der Waals surface area contributed by atoms with Crippen molar-refractivity contribution < 1.29 is 9.53 Å². The fourth-order valence-electron chi connectivity index (χ4n) is 2.50. The van der Waals surface area contributed by atoms with Gasteiger partial charge in [0.15, 0.2) is 0 Å². The van der Waals surface area contributed by atoms with E-state index in [-0.39, 0.29) is 17.4 Å². The first kappa shape index (κ1) is 17.1. The SMILES string of the molecule is COc1ccccc1C(C)NC(=O)c1ccc(C(C)(C)C)cc1. The first-order chi connectivity index (χ1) is 10.8. The van der Waals surface area contributed by atoms with Crippen LogP contribution >= 0.6 is 0 Å². The molecule has 2 aromatic rings. The number of amides is 1. The Balaban J connectivity index is 2.12. The lowest BCUT2D eigenvalue weighted by Gasteiger charge is -2.20. The highest BCUT2D eigenvalue weighted by Crippen LogP contribution is 2.25. The minimum atomic E-state index is -0.124. The average molecular weight is 311 g/mol. The molecule has 0 saturated heterocycles. The molecule has 3 heteroatoms. The number of carbonyl (C=O) groups is 1. The van der Waals surface area contributed by atoms with Crippen molar-refractivity contribution in [2.24, 2.45) is 0 Å². The van der Waals surface area contributed by atoms with E-state index < -0.39 is 0 Å². The van der Waals surface area contributed by atoms with Gasteiger partial charge in [0.05, 0.1) is 13.2 Å². The Morgan fingerprint density at radius 2 is 1.65 bits per heavy atom. The Bertz CT molecular complexity index is 669. The van der Waals surface area contributed by atoms with E-state index in [2.05, 4.69) is 26.1 Å². The van der Waals surface area contributed by atoms with Crippen LogP contribution in [0, 0.1) is 0 Å². The lowest BCUT2D eigenvalue weighted by atomic mass is 9.86. The fraction of sp³-hybridized carbons (Fsp3) is 0.350. The number of ether oxygens (including phenoxy) is 1. The number of nitrogens with one attached hydrogen (secondary N) is 1. The molecular weight excluding hydrogens is 286 g/mol. The van der Waals surface area contributed by atoms with E-state index in [4.69, 9.17) is 4.74 Å². The zero-order valence-electron chi connectivity index (χ0n) is 14.5. The molecule has 0 aliphatic rings. The largest absolute Gasteiger partial charge is 0.496 e. The zero-order chi connectivity index (χ0) is 17.0. The minimum absolute atomic E-state index is 0.0798. The maximum atomic E-state index is 12.4. The molecule has 0 heterocycles. The number of benzene rings is 2. The molecule has 3 nitrogen and oxygen atoms in total. The van der Waals surface area contributed by atoms with Gasteiger partial charge in [-0.1, -0.05) is 51.1 Å². The van der Waals surface area contributed by atoms with Crippen molar-refractivity contribution in [1.29, 1.82) is 0 Å². The summed E-state index contributed by atoms with van der Waals surface area (Å²) in [7, 11) is 1.64. The van der Waals surface area contributed by atoms with Gasteiger partial charge in [-0.3, -0.25) is 4.79 Å². The third-order valence-corrected chi connectivity index (χ3v) is 3.97. The molecule has 0 spiro atoms. The van der Waals surface area contributed by atoms with Crippen molar-refractivity contribution in [2.75, 3.05) is 7.11 Å². The molecule has 0 fully saturated rings. The fourth-order valence-corrected chi connectivity index (χ4v) is 2.50. The van der Waals surface area contributed by atoms with Crippen molar-refractivity contribution in [3.8, 4) is 5.75 Å². The maximum absolute atomic E-state index is 12.4. The summed E-state index contributed by atoms with van der Waals surface area (Å²) in [5.41, 5.74) is 2.93. The summed E-state index contributed by atoms with van der Waals surface area (Å²) in [6.45, 7) is 8.43. The molecule has 0 aromatic heterocycles. The smallest absolute Gasteiger partial charge is 0.251 e. The van der Waals surface area contributed by atoms with E-state index in [9.17, 15) is 4.79 Å². The van der Waals surface area contributed by atoms with Crippen LogP contribution in [0.15, 0.2) is 48.5 Å². The summed E-state index contributed by atoms with van der Waals surface area (Å²) in [6.07, 6.45) is 0. The third-order valence-electron chi connectivity index (χ3n) is 3.97. The van der Waals surface area contributed by atoms with Crippen molar-refractivity contribution in [1.82, 2.24) is 5.32 Å². The summed E-state index contributed by atoms with van der Waals surface area (Å²) in [5.74, 6) is 0.701. The number of para-hydroxylation sites is 1. The molecular formula is C20H25NO2. The second kappa shape index (κ2) is 6.86. The number of hydrogen-bond donors (Lipinski definition) is 1. The normalized spacial score (nSPS) is 12.6. The van der Waals surface area contributed by atoms with Crippen molar-refractivity contribution in [3.63, 3.8) is 0 Å². The van der Waals surface area contributed by atoms with E-state index in [1.165, 1.54) is 5.56 Å². The Kier molecular flexibility index (Phi) is 5.09. The number of methoxy groups -OCH3 is 1. The van der Waals surface area contributed by atoms with Gasteiger partial charge in [0.2, 0.25) is 0 Å². The van der Waals surface area contributed by atoms with Crippen LogP contribution in [0.4, 0.5) is 0 Å². The average Bonchev–Trinajstić information content (AvgIpc) is 2.54. The highest BCUT2D eigenvalue weighted by atomic mass is 16.5. The van der Waals surface area contributed by atoms with Crippen molar-refractivity contribution >= 4 is 5.91 Å². The molecule has 1 amide bonds. The molecule has 0 aliphatic carbocycles. The molecule has 2 aromatic carbocycles. The van der Waals surface area contributed by atoms with Crippen LogP contribution in [0.25, 0.3) is 0 Å². The van der Waals surface area contributed by atoms with Gasteiger partial charge >= 0.3 is 0 Å². The quantitative estimate of drug-likeness (QED) is 0.904. The first-order valence-corrected chi connectivity index (χ1v) is 7.87. The van der Waals surface area contributed by atoms with E-state index in [0.29, 0.717) is 5.56 Å². The van der Waals surface area contributed by atoms with Crippen LogP contribution in [-0.2, 0) is 5.41 Å². The molecule has 0 aliphatic heterocycles. The molecule has 1 unspecified atom stereocenters. The van der Waals surface area contributed by atoms with Crippen LogP contribution in [0.5, 0.6) is 5.75 Å². The van der Waals surface area contributed by atoms with Crippen LogP contribution in [0.2, 0.25) is 0 Å². The lowest BCUT2D eigenvalue weighted by Crippen LogP contribution is -2.27. The summed E-state index contributed by atoms with van der Waals surface area (Å²) in [6, 6.07) is 15.4. The Morgan fingerprint density at radius 3 is 2.22 bits per heavy atom. The van der Waals surface area contributed by atoms with E-state index in [0.717, 1.165) is 11.3 Å². The topological polar surface area (TPSA) is 38.3 Å². The third kappa shape index (κ3) is 4.13. The lowest BCUT2D eigenvalue weighted by molar-refractivity contribution is 0.0939. The molecule has 0 bridgehead atoms. The van der Waals surface area contributed by atoms with Crippen LogP contribution in [0.1, 0.15) is 55.2 Å². The van der Waals surface area contributed by atoms with Gasteiger partial charge in [-0.2, -0.15) is 0 Å². The monoisotopic (exact) mass is 311 g/mol. The van der Waals surface area contributed by atoms with E-state index >= 15 is 0 Å². The predicted molar refractivity (Wildman–Crippen MR) is 94.0 cm³/mol. The molecule has 1 atom stereocenters. The second-order valence-electron chi connectivity index (χ2n) is 6.76. The number of carbonyl (C=O) groups excluding carboxylic acids is 1. The molecule has 1 N–H and O–H groups in total. The summed E-state index contributed by atoms with van der Waals surface area (Å²) < 4.78 is 5.36. The zero-order valence-corrected chi connectivity index (χ0v) is 14.5. The van der Waals surface area contributed by atoms with E-state index in [1.807, 2.05) is 55.5 Å². The second-order valence-corrected chi connectivity index (χ2v) is 6.76. The molecule has 0 radical (unpaired) electrons. The first-order valence-electron chi connectivity index (χ1n) is 7.87. The Morgan fingerprint density at radius 1 is 1.04 bits per heavy atom. The van der Waals surface area contributed by atoms with Crippen molar-refractivity contribution in [3.05, 3.63) is 65.2 Å². The maximum Gasteiger partial charge on any atom is 0.251 e. The summed E-state index contributed by atoms with van der Waals surface area (Å²) in [5, 5.41) is 3.03. The van der Waals surface area contributed by atoms with Gasteiger partial charge in [0, 0.05) is 11.1 Å². The van der Waals surface area contributed by atoms with Gasteiger partial charge in [0.25, 0.3) is 5.91 Å². The predicted octanol–water partition coefficient (Wildman–Crippen LogP) is 4.48. The van der Waals surface area contributed by atoms with Gasteiger partial charge in [0.1, 0.15) is 5.75 Å². The Labute approximate surface area is 138 Å². The summed E-state index contributed by atoms with van der Waals surface area (Å²) in [4.78, 5) is 12.4. The van der Waals surface area contributed by atoms with Crippen LogP contribution in [-0.4, -0.2) is 13.0 Å². The van der Waals surface area contributed by atoms with E-state index in [1.54, 1.807) is 7.11 Å².